The summed E-state index contributed by atoms with van der Waals surface area (Å²) in [6.07, 6.45) is 3.36. The third-order valence-corrected chi connectivity index (χ3v) is 2.87. The molecule has 6 nitrogen and oxygen atoms in total. The van der Waals surface area contributed by atoms with Crippen molar-refractivity contribution in [2.24, 2.45) is 0 Å². The molecule has 0 bridgehead atoms. The van der Waals surface area contributed by atoms with Gasteiger partial charge in [0.05, 0.1) is 19.4 Å². The van der Waals surface area contributed by atoms with Crippen LogP contribution in [-0.4, -0.2) is 20.7 Å². The van der Waals surface area contributed by atoms with Gasteiger partial charge < -0.3 is 9.73 Å². The van der Waals surface area contributed by atoms with E-state index in [4.69, 9.17) is 4.42 Å². The minimum absolute atomic E-state index is 0.115. The summed E-state index contributed by atoms with van der Waals surface area (Å²) in [5.41, 5.74) is 0.550. The minimum Gasteiger partial charge on any atom is -0.468 e. The van der Waals surface area contributed by atoms with Gasteiger partial charge in [0.2, 0.25) is 0 Å². The van der Waals surface area contributed by atoms with Gasteiger partial charge in [-0.3, -0.25) is 4.40 Å². The first-order valence-corrected chi connectivity index (χ1v) is 6.12. The average molecular weight is 258 g/mol. The molecule has 0 unspecified atom stereocenters. The van der Waals surface area contributed by atoms with Crippen LogP contribution in [0, 0.1) is 0 Å². The first kappa shape index (κ1) is 11.7. The Morgan fingerprint density at radius 2 is 2.21 bits per heavy atom. The zero-order chi connectivity index (χ0) is 13.1. The van der Waals surface area contributed by atoms with Crippen molar-refractivity contribution in [3.8, 4) is 0 Å². The van der Waals surface area contributed by atoms with Crippen LogP contribution in [0.25, 0.3) is 5.65 Å². The van der Waals surface area contributed by atoms with Gasteiger partial charge in [-0.25, -0.2) is 9.48 Å². The standard InChI is InChI=1S/C13H14N4O2/c18-13-16-7-2-1-5-12(16)15-17(13)8-6-14-10-11-4-3-9-19-11/h1-5,7,9,14H,6,8,10H2. The molecule has 1 N–H and O–H groups in total. The molecule has 98 valence electrons. The summed E-state index contributed by atoms with van der Waals surface area (Å²) in [4.78, 5) is 12.0. The quantitative estimate of drug-likeness (QED) is 0.690. The fourth-order valence-electron chi connectivity index (χ4n) is 1.92. The molecule has 0 fully saturated rings. The van der Waals surface area contributed by atoms with Crippen molar-refractivity contribution >= 4 is 5.65 Å². The van der Waals surface area contributed by atoms with E-state index in [1.54, 1.807) is 12.5 Å². The molecule has 0 saturated carbocycles. The zero-order valence-electron chi connectivity index (χ0n) is 10.3. The number of nitrogens with zero attached hydrogens (tertiary/aromatic N) is 3. The highest BCUT2D eigenvalue weighted by molar-refractivity contribution is 5.35. The number of hydrogen-bond donors (Lipinski definition) is 1. The third-order valence-electron chi connectivity index (χ3n) is 2.87. The lowest BCUT2D eigenvalue weighted by Gasteiger charge is -2.01. The van der Waals surface area contributed by atoms with Gasteiger partial charge in [-0.05, 0) is 24.3 Å². The fraction of sp³-hybridized carbons (Fsp3) is 0.231. The maximum absolute atomic E-state index is 12.0. The van der Waals surface area contributed by atoms with Crippen LogP contribution in [0.4, 0.5) is 0 Å². The summed E-state index contributed by atoms with van der Waals surface area (Å²) >= 11 is 0. The Hall–Kier alpha value is -2.34. The van der Waals surface area contributed by atoms with Gasteiger partial charge in [0.15, 0.2) is 5.65 Å². The van der Waals surface area contributed by atoms with Crippen molar-refractivity contribution in [2.75, 3.05) is 6.54 Å². The Morgan fingerprint density at radius 1 is 1.26 bits per heavy atom. The van der Waals surface area contributed by atoms with Crippen LogP contribution in [0.3, 0.4) is 0 Å². The summed E-state index contributed by atoms with van der Waals surface area (Å²) in [6, 6.07) is 9.25. The Labute approximate surface area is 109 Å². The highest BCUT2D eigenvalue weighted by Crippen LogP contribution is 1.98. The van der Waals surface area contributed by atoms with Crippen LogP contribution in [-0.2, 0) is 13.1 Å². The molecular formula is C13H14N4O2. The summed E-state index contributed by atoms with van der Waals surface area (Å²) in [7, 11) is 0. The van der Waals surface area contributed by atoms with Crippen molar-refractivity contribution in [3.05, 3.63) is 59.0 Å². The van der Waals surface area contributed by atoms with Crippen molar-refractivity contribution in [1.29, 1.82) is 0 Å². The summed E-state index contributed by atoms with van der Waals surface area (Å²) < 4.78 is 8.20. The van der Waals surface area contributed by atoms with Gasteiger partial charge in [-0.15, -0.1) is 5.10 Å². The number of nitrogens with one attached hydrogen (secondary N) is 1. The number of furan rings is 1. The van der Waals surface area contributed by atoms with Crippen molar-refractivity contribution in [1.82, 2.24) is 19.5 Å². The molecule has 0 spiro atoms. The Balaban J connectivity index is 1.62. The van der Waals surface area contributed by atoms with E-state index in [-0.39, 0.29) is 5.69 Å². The molecular weight excluding hydrogens is 244 g/mol. The lowest BCUT2D eigenvalue weighted by Crippen LogP contribution is -2.27. The molecule has 3 aromatic heterocycles. The monoisotopic (exact) mass is 258 g/mol. The SMILES string of the molecule is O=c1n(CCNCc2ccco2)nc2ccccn12. The van der Waals surface area contributed by atoms with E-state index < -0.39 is 0 Å². The van der Waals surface area contributed by atoms with Crippen LogP contribution < -0.4 is 11.0 Å². The lowest BCUT2D eigenvalue weighted by molar-refractivity contribution is 0.467. The smallest absolute Gasteiger partial charge is 0.350 e. The van der Waals surface area contributed by atoms with Crippen LogP contribution >= 0.6 is 0 Å². The molecule has 0 aromatic carbocycles. The van der Waals surface area contributed by atoms with E-state index in [1.165, 1.54) is 9.08 Å². The number of fused-ring (bicyclic) bond motifs is 1. The van der Waals surface area contributed by atoms with Crippen LogP contribution in [0.2, 0.25) is 0 Å². The summed E-state index contributed by atoms with van der Waals surface area (Å²) in [5.74, 6) is 0.877. The number of rotatable bonds is 5. The van der Waals surface area contributed by atoms with Gasteiger partial charge in [0, 0.05) is 12.7 Å². The largest absolute Gasteiger partial charge is 0.468 e. The second kappa shape index (κ2) is 5.11. The molecule has 0 radical (unpaired) electrons. The van der Waals surface area contributed by atoms with Crippen molar-refractivity contribution in [2.45, 2.75) is 13.1 Å². The van der Waals surface area contributed by atoms with E-state index in [0.717, 1.165) is 5.76 Å². The van der Waals surface area contributed by atoms with E-state index in [9.17, 15) is 4.79 Å². The highest BCUT2D eigenvalue weighted by Gasteiger charge is 2.04. The molecule has 0 aliphatic rings. The second-order valence-corrected chi connectivity index (χ2v) is 4.19. The molecule has 0 saturated heterocycles. The summed E-state index contributed by atoms with van der Waals surface area (Å²) in [5, 5.41) is 7.46. The van der Waals surface area contributed by atoms with Crippen LogP contribution in [0.15, 0.2) is 52.0 Å². The van der Waals surface area contributed by atoms with Crippen molar-refractivity contribution < 1.29 is 4.42 Å². The number of aromatic nitrogens is 3. The van der Waals surface area contributed by atoms with Gasteiger partial charge in [0.25, 0.3) is 0 Å². The predicted molar refractivity (Wildman–Crippen MR) is 69.9 cm³/mol. The maximum Gasteiger partial charge on any atom is 0.350 e. The van der Waals surface area contributed by atoms with E-state index in [1.807, 2.05) is 30.3 Å². The lowest BCUT2D eigenvalue weighted by atomic mass is 10.4. The summed E-state index contributed by atoms with van der Waals surface area (Å²) in [6.45, 7) is 1.83. The van der Waals surface area contributed by atoms with E-state index in [0.29, 0.717) is 25.3 Å². The molecule has 3 rings (SSSR count). The van der Waals surface area contributed by atoms with E-state index in [2.05, 4.69) is 10.4 Å². The second-order valence-electron chi connectivity index (χ2n) is 4.19. The Kier molecular flexibility index (Phi) is 3.16. The molecule has 3 aromatic rings. The van der Waals surface area contributed by atoms with Gasteiger partial charge in [0.1, 0.15) is 5.76 Å². The molecule has 3 heterocycles. The molecule has 6 heteroatoms. The zero-order valence-corrected chi connectivity index (χ0v) is 10.3. The minimum atomic E-state index is -0.115. The molecule has 19 heavy (non-hydrogen) atoms. The first-order chi connectivity index (χ1) is 9.34. The number of pyridine rings is 1. The normalized spacial score (nSPS) is 11.2. The fourth-order valence-corrected chi connectivity index (χ4v) is 1.92. The average Bonchev–Trinajstić information content (AvgIpc) is 3.04. The molecule has 0 aliphatic carbocycles. The number of hydrogen-bond acceptors (Lipinski definition) is 4. The molecule has 0 aliphatic heterocycles. The first-order valence-electron chi connectivity index (χ1n) is 6.12. The van der Waals surface area contributed by atoms with E-state index >= 15 is 0 Å². The molecule has 0 atom stereocenters. The van der Waals surface area contributed by atoms with Gasteiger partial charge >= 0.3 is 5.69 Å². The maximum atomic E-state index is 12.0. The van der Waals surface area contributed by atoms with Gasteiger partial charge in [-0.2, -0.15) is 0 Å². The van der Waals surface area contributed by atoms with Crippen molar-refractivity contribution in [3.63, 3.8) is 0 Å². The predicted octanol–water partition coefficient (Wildman–Crippen LogP) is 0.879. The van der Waals surface area contributed by atoms with Gasteiger partial charge in [-0.1, -0.05) is 6.07 Å². The highest BCUT2D eigenvalue weighted by atomic mass is 16.3. The third kappa shape index (κ3) is 2.43. The molecule has 0 amide bonds. The topological polar surface area (TPSA) is 64.5 Å². The Morgan fingerprint density at radius 3 is 3.00 bits per heavy atom. The van der Waals surface area contributed by atoms with Crippen LogP contribution in [0.1, 0.15) is 5.76 Å². The Bertz CT molecular complexity index is 712. The van der Waals surface area contributed by atoms with Crippen LogP contribution in [0.5, 0.6) is 0 Å².